The molecule has 0 saturated carbocycles. The van der Waals surface area contributed by atoms with Gasteiger partial charge in [-0.2, -0.15) is 0 Å². The van der Waals surface area contributed by atoms with Gasteiger partial charge in [-0.3, -0.25) is 4.98 Å². The minimum atomic E-state index is 0.469. The van der Waals surface area contributed by atoms with Crippen LogP contribution in [0.4, 0.5) is 5.82 Å². The van der Waals surface area contributed by atoms with E-state index in [0.717, 1.165) is 24.8 Å². The van der Waals surface area contributed by atoms with Crippen LogP contribution in [0.2, 0.25) is 5.15 Å². The average Bonchev–Trinajstić information content (AvgIpc) is 2.52. The maximum atomic E-state index is 5.76. The third-order valence-corrected chi connectivity index (χ3v) is 2.52. The van der Waals surface area contributed by atoms with Crippen LogP contribution in [0.15, 0.2) is 12.4 Å². The maximum absolute atomic E-state index is 5.76. The van der Waals surface area contributed by atoms with Gasteiger partial charge in [0, 0.05) is 13.1 Å². The molecule has 1 saturated heterocycles. The summed E-state index contributed by atoms with van der Waals surface area (Å²) in [6.45, 7) is 4.38. The van der Waals surface area contributed by atoms with E-state index < -0.39 is 0 Å². The van der Waals surface area contributed by atoms with Crippen LogP contribution in [0, 0.1) is 5.92 Å². The molecule has 0 amide bonds. The van der Waals surface area contributed by atoms with Crippen LogP contribution in [-0.4, -0.2) is 23.1 Å². The molecule has 4 heteroatoms. The van der Waals surface area contributed by atoms with E-state index in [1.807, 2.05) is 0 Å². The predicted molar refractivity (Wildman–Crippen MR) is 53.0 cm³/mol. The van der Waals surface area contributed by atoms with Crippen LogP contribution in [0.25, 0.3) is 0 Å². The van der Waals surface area contributed by atoms with E-state index in [9.17, 15) is 0 Å². The van der Waals surface area contributed by atoms with Crippen molar-refractivity contribution in [3.63, 3.8) is 0 Å². The number of rotatable bonds is 1. The van der Waals surface area contributed by atoms with Crippen LogP contribution >= 0.6 is 11.6 Å². The molecule has 0 N–H and O–H groups in total. The monoisotopic (exact) mass is 197 g/mol. The van der Waals surface area contributed by atoms with Gasteiger partial charge in [0.2, 0.25) is 0 Å². The Labute approximate surface area is 82.8 Å². The molecule has 1 aromatic heterocycles. The van der Waals surface area contributed by atoms with Crippen molar-refractivity contribution in [2.24, 2.45) is 5.92 Å². The van der Waals surface area contributed by atoms with Gasteiger partial charge in [-0.1, -0.05) is 18.5 Å². The summed E-state index contributed by atoms with van der Waals surface area (Å²) in [5, 5.41) is 0.469. The standard InChI is InChI=1S/C9H12ClN3/c1-7-2-3-13(6-7)9-5-11-4-8(10)12-9/h4-5,7H,2-3,6H2,1H3/t7-/m1/s1. The van der Waals surface area contributed by atoms with E-state index >= 15 is 0 Å². The molecule has 13 heavy (non-hydrogen) atoms. The zero-order chi connectivity index (χ0) is 9.26. The molecule has 1 fully saturated rings. The lowest BCUT2D eigenvalue weighted by atomic mass is 10.2. The van der Waals surface area contributed by atoms with E-state index in [1.54, 1.807) is 12.4 Å². The topological polar surface area (TPSA) is 29.0 Å². The highest BCUT2D eigenvalue weighted by molar-refractivity contribution is 6.29. The normalized spacial score (nSPS) is 22.3. The van der Waals surface area contributed by atoms with Crippen LogP contribution in [0.1, 0.15) is 13.3 Å². The Morgan fingerprint density at radius 1 is 1.54 bits per heavy atom. The highest BCUT2D eigenvalue weighted by atomic mass is 35.5. The number of anilines is 1. The number of hydrogen-bond acceptors (Lipinski definition) is 3. The molecule has 1 aromatic rings. The molecule has 3 nitrogen and oxygen atoms in total. The third-order valence-electron chi connectivity index (χ3n) is 2.34. The molecule has 2 rings (SSSR count). The Morgan fingerprint density at radius 2 is 2.38 bits per heavy atom. The third kappa shape index (κ3) is 1.91. The summed E-state index contributed by atoms with van der Waals surface area (Å²) in [4.78, 5) is 10.5. The second-order valence-corrected chi connectivity index (χ2v) is 3.93. The van der Waals surface area contributed by atoms with Crippen LogP contribution in [0.5, 0.6) is 0 Å². The highest BCUT2D eigenvalue weighted by Gasteiger charge is 2.19. The summed E-state index contributed by atoms with van der Waals surface area (Å²) >= 11 is 5.76. The number of hydrogen-bond donors (Lipinski definition) is 0. The molecule has 0 unspecified atom stereocenters. The summed E-state index contributed by atoms with van der Waals surface area (Å²) in [6.07, 6.45) is 4.56. The van der Waals surface area contributed by atoms with E-state index in [1.165, 1.54) is 6.42 Å². The van der Waals surface area contributed by atoms with Gasteiger partial charge in [-0.15, -0.1) is 0 Å². The highest BCUT2D eigenvalue weighted by Crippen LogP contribution is 2.21. The van der Waals surface area contributed by atoms with Gasteiger partial charge < -0.3 is 4.90 Å². The number of aromatic nitrogens is 2. The zero-order valence-electron chi connectivity index (χ0n) is 7.57. The smallest absolute Gasteiger partial charge is 0.149 e. The van der Waals surface area contributed by atoms with E-state index in [4.69, 9.17) is 11.6 Å². The van der Waals surface area contributed by atoms with Gasteiger partial charge in [0.1, 0.15) is 11.0 Å². The molecule has 0 aromatic carbocycles. The zero-order valence-corrected chi connectivity index (χ0v) is 8.33. The van der Waals surface area contributed by atoms with E-state index in [-0.39, 0.29) is 0 Å². The van der Waals surface area contributed by atoms with Crippen molar-refractivity contribution in [2.45, 2.75) is 13.3 Å². The predicted octanol–water partition coefficient (Wildman–Crippen LogP) is 1.98. The fourth-order valence-corrected chi connectivity index (χ4v) is 1.77. The molecule has 0 bridgehead atoms. The Bertz CT molecular complexity index is 303. The summed E-state index contributed by atoms with van der Waals surface area (Å²) in [6, 6.07) is 0. The lowest BCUT2D eigenvalue weighted by Crippen LogP contribution is -2.20. The SMILES string of the molecule is C[C@@H]1CCN(c2cncc(Cl)n2)C1. The fourth-order valence-electron chi connectivity index (χ4n) is 1.63. The summed E-state index contributed by atoms with van der Waals surface area (Å²) in [5.74, 6) is 1.65. The summed E-state index contributed by atoms with van der Waals surface area (Å²) in [5.41, 5.74) is 0. The van der Waals surface area contributed by atoms with Gasteiger partial charge in [0.25, 0.3) is 0 Å². The Kier molecular flexibility index (Phi) is 2.36. The van der Waals surface area contributed by atoms with E-state index in [0.29, 0.717) is 5.15 Å². The minimum absolute atomic E-state index is 0.469. The Balaban J connectivity index is 2.16. The largest absolute Gasteiger partial charge is 0.355 e. The first-order chi connectivity index (χ1) is 6.25. The van der Waals surface area contributed by atoms with Gasteiger partial charge in [0.15, 0.2) is 0 Å². The molecule has 0 aliphatic carbocycles. The summed E-state index contributed by atoms with van der Waals surface area (Å²) < 4.78 is 0. The lowest BCUT2D eigenvalue weighted by Gasteiger charge is -2.15. The van der Waals surface area contributed by atoms with Crippen LogP contribution in [-0.2, 0) is 0 Å². The molecule has 1 atom stereocenters. The first-order valence-electron chi connectivity index (χ1n) is 4.48. The average molecular weight is 198 g/mol. The molecule has 0 spiro atoms. The number of nitrogens with zero attached hydrogens (tertiary/aromatic N) is 3. The van der Waals surface area contributed by atoms with Gasteiger partial charge in [0.05, 0.1) is 12.4 Å². The Hall–Kier alpha value is -0.830. The van der Waals surface area contributed by atoms with Gasteiger partial charge in [-0.25, -0.2) is 4.98 Å². The second kappa shape index (κ2) is 3.50. The van der Waals surface area contributed by atoms with Crippen molar-refractivity contribution in [3.05, 3.63) is 17.5 Å². The van der Waals surface area contributed by atoms with Gasteiger partial charge in [-0.05, 0) is 12.3 Å². The fraction of sp³-hybridized carbons (Fsp3) is 0.556. The van der Waals surface area contributed by atoms with Crippen molar-refractivity contribution in [3.8, 4) is 0 Å². The van der Waals surface area contributed by atoms with Gasteiger partial charge >= 0.3 is 0 Å². The molecular formula is C9H12ClN3. The molecule has 1 aliphatic rings. The molecular weight excluding hydrogens is 186 g/mol. The van der Waals surface area contributed by atoms with Crippen LogP contribution < -0.4 is 4.90 Å². The maximum Gasteiger partial charge on any atom is 0.149 e. The van der Waals surface area contributed by atoms with Crippen molar-refractivity contribution in [2.75, 3.05) is 18.0 Å². The quantitative estimate of drug-likeness (QED) is 0.690. The molecule has 1 aliphatic heterocycles. The molecule has 0 radical (unpaired) electrons. The molecule has 2 heterocycles. The van der Waals surface area contributed by atoms with Crippen molar-refractivity contribution < 1.29 is 0 Å². The van der Waals surface area contributed by atoms with Crippen LogP contribution in [0.3, 0.4) is 0 Å². The Morgan fingerprint density at radius 3 is 3.00 bits per heavy atom. The minimum Gasteiger partial charge on any atom is -0.355 e. The second-order valence-electron chi connectivity index (χ2n) is 3.54. The van der Waals surface area contributed by atoms with Crippen molar-refractivity contribution >= 4 is 17.4 Å². The lowest BCUT2D eigenvalue weighted by molar-refractivity contribution is 0.659. The van der Waals surface area contributed by atoms with E-state index in [2.05, 4.69) is 21.8 Å². The first kappa shape index (κ1) is 8.75. The summed E-state index contributed by atoms with van der Waals surface area (Å²) in [7, 11) is 0. The molecule has 70 valence electrons. The van der Waals surface area contributed by atoms with Crippen molar-refractivity contribution in [1.29, 1.82) is 0 Å². The number of halogens is 1. The van der Waals surface area contributed by atoms with Crippen molar-refractivity contribution in [1.82, 2.24) is 9.97 Å². The first-order valence-corrected chi connectivity index (χ1v) is 4.86.